The molecule has 4 nitrogen and oxygen atoms in total. The number of ether oxygens (including phenoxy) is 1. The van der Waals surface area contributed by atoms with Gasteiger partial charge in [0.05, 0.1) is 19.3 Å². The lowest BCUT2D eigenvalue weighted by molar-refractivity contribution is 0.0374. The summed E-state index contributed by atoms with van der Waals surface area (Å²) in [6.07, 6.45) is 4.39. The molecule has 2 aliphatic rings. The Morgan fingerprint density at radius 3 is 2.71 bits per heavy atom. The van der Waals surface area contributed by atoms with Gasteiger partial charge in [-0.05, 0) is 37.8 Å². The summed E-state index contributed by atoms with van der Waals surface area (Å²) in [6, 6.07) is 2.30. The van der Waals surface area contributed by atoms with E-state index in [4.69, 9.17) is 10.00 Å². The quantitative estimate of drug-likeness (QED) is 0.671. The lowest BCUT2D eigenvalue weighted by Crippen LogP contribution is -2.38. The predicted octanol–water partition coefficient (Wildman–Crippen LogP) is 0.992. The van der Waals surface area contributed by atoms with Crippen molar-refractivity contribution in [1.29, 1.82) is 5.26 Å². The van der Waals surface area contributed by atoms with E-state index in [0.717, 1.165) is 45.8 Å². The van der Waals surface area contributed by atoms with E-state index in [0.29, 0.717) is 5.41 Å². The number of rotatable bonds is 7. The fourth-order valence-corrected chi connectivity index (χ4v) is 2.37. The van der Waals surface area contributed by atoms with E-state index in [9.17, 15) is 0 Å². The molecule has 0 aromatic carbocycles. The first kappa shape index (κ1) is 12.8. The minimum absolute atomic E-state index is 0.341. The van der Waals surface area contributed by atoms with E-state index in [1.165, 1.54) is 25.8 Å². The van der Waals surface area contributed by atoms with Crippen LogP contribution in [0.5, 0.6) is 0 Å². The molecule has 0 bridgehead atoms. The Bertz CT molecular complexity index is 264. The standard InChI is InChI=1S/C13H23N3O/c14-5-4-13(2-3-13)12-15-6-1-7-16-8-10-17-11-9-16/h15H,1-4,6-12H2. The van der Waals surface area contributed by atoms with Crippen molar-refractivity contribution in [2.45, 2.75) is 25.7 Å². The Balaban J connectivity index is 1.48. The summed E-state index contributed by atoms with van der Waals surface area (Å²) in [7, 11) is 0. The molecule has 0 amide bonds. The Kier molecular flexibility index (Phi) is 4.78. The Morgan fingerprint density at radius 1 is 1.29 bits per heavy atom. The van der Waals surface area contributed by atoms with Crippen LogP contribution in [0.1, 0.15) is 25.7 Å². The van der Waals surface area contributed by atoms with E-state index in [1.807, 2.05) is 0 Å². The molecule has 1 heterocycles. The Morgan fingerprint density at radius 2 is 2.06 bits per heavy atom. The molecule has 1 N–H and O–H groups in total. The van der Waals surface area contributed by atoms with Crippen molar-refractivity contribution in [1.82, 2.24) is 10.2 Å². The van der Waals surface area contributed by atoms with E-state index >= 15 is 0 Å². The van der Waals surface area contributed by atoms with Gasteiger partial charge in [-0.2, -0.15) is 5.26 Å². The topological polar surface area (TPSA) is 48.3 Å². The highest BCUT2D eigenvalue weighted by Crippen LogP contribution is 2.47. The monoisotopic (exact) mass is 237 g/mol. The number of morpholine rings is 1. The molecule has 1 aliphatic heterocycles. The molecule has 4 heteroatoms. The first-order chi connectivity index (χ1) is 8.35. The molecule has 0 aromatic heterocycles. The van der Waals surface area contributed by atoms with Crippen LogP contribution in [0.3, 0.4) is 0 Å². The zero-order valence-electron chi connectivity index (χ0n) is 10.6. The van der Waals surface area contributed by atoms with Gasteiger partial charge in [-0.3, -0.25) is 4.90 Å². The van der Waals surface area contributed by atoms with Crippen LogP contribution >= 0.6 is 0 Å². The summed E-state index contributed by atoms with van der Waals surface area (Å²) in [5.74, 6) is 0. The van der Waals surface area contributed by atoms with Gasteiger partial charge in [0.2, 0.25) is 0 Å². The molecule has 2 rings (SSSR count). The van der Waals surface area contributed by atoms with Crippen molar-refractivity contribution < 1.29 is 4.74 Å². The molecule has 96 valence electrons. The zero-order chi connectivity index (χ0) is 12.0. The summed E-state index contributed by atoms with van der Waals surface area (Å²) in [5.41, 5.74) is 0.341. The van der Waals surface area contributed by atoms with Crippen molar-refractivity contribution in [3.05, 3.63) is 0 Å². The van der Waals surface area contributed by atoms with E-state index in [-0.39, 0.29) is 0 Å². The van der Waals surface area contributed by atoms with Gasteiger partial charge in [-0.25, -0.2) is 0 Å². The van der Waals surface area contributed by atoms with Gasteiger partial charge in [0.15, 0.2) is 0 Å². The number of hydrogen-bond acceptors (Lipinski definition) is 4. The number of hydrogen-bond donors (Lipinski definition) is 1. The van der Waals surface area contributed by atoms with Gasteiger partial charge in [0.1, 0.15) is 0 Å². The summed E-state index contributed by atoms with van der Waals surface area (Å²) >= 11 is 0. The summed E-state index contributed by atoms with van der Waals surface area (Å²) in [5, 5.41) is 12.2. The average Bonchev–Trinajstić information content (AvgIpc) is 3.11. The van der Waals surface area contributed by atoms with Crippen molar-refractivity contribution in [3.8, 4) is 6.07 Å². The van der Waals surface area contributed by atoms with Gasteiger partial charge in [0, 0.05) is 26.1 Å². The molecule has 0 atom stereocenters. The van der Waals surface area contributed by atoms with Crippen LogP contribution in [-0.4, -0.2) is 50.8 Å². The SMILES string of the molecule is N#CCC1(CNCCCN2CCOCC2)CC1. The summed E-state index contributed by atoms with van der Waals surface area (Å²) in [6.45, 7) is 7.21. The molecule has 0 aromatic rings. The van der Waals surface area contributed by atoms with Crippen LogP contribution in [-0.2, 0) is 4.74 Å². The molecule has 0 radical (unpaired) electrons. The van der Waals surface area contributed by atoms with Gasteiger partial charge in [-0.1, -0.05) is 0 Å². The maximum atomic E-state index is 8.72. The number of nitrogens with one attached hydrogen (secondary N) is 1. The molecule has 1 aliphatic carbocycles. The minimum atomic E-state index is 0.341. The fourth-order valence-electron chi connectivity index (χ4n) is 2.37. The molecular formula is C13H23N3O. The van der Waals surface area contributed by atoms with Crippen molar-refractivity contribution in [2.75, 3.05) is 45.9 Å². The van der Waals surface area contributed by atoms with Gasteiger partial charge >= 0.3 is 0 Å². The van der Waals surface area contributed by atoms with Gasteiger partial charge in [-0.15, -0.1) is 0 Å². The molecule has 2 fully saturated rings. The van der Waals surface area contributed by atoms with Crippen molar-refractivity contribution >= 4 is 0 Å². The third-order valence-corrected chi connectivity index (χ3v) is 3.84. The third kappa shape index (κ3) is 4.27. The van der Waals surface area contributed by atoms with Crippen LogP contribution in [0.25, 0.3) is 0 Å². The smallest absolute Gasteiger partial charge is 0.0628 e. The highest BCUT2D eigenvalue weighted by Gasteiger charge is 2.41. The lowest BCUT2D eigenvalue weighted by atomic mass is 10.0. The normalized spacial score (nSPS) is 23.2. The van der Waals surface area contributed by atoms with Crippen LogP contribution in [0.15, 0.2) is 0 Å². The van der Waals surface area contributed by atoms with Gasteiger partial charge < -0.3 is 10.1 Å². The molecule has 1 saturated heterocycles. The number of nitriles is 1. The van der Waals surface area contributed by atoms with Crippen molar-refractivity contribution in [3.63, 3.8) is 0 Å². The Hall–Kier alpha value is -0.630. The van der Waals surface area contributed by atoms with E-state index < -0.39 is 0 Å². The summed E-state index contributed by atoms with van der Waals surface area (Å²) in [4.78, 5) is 2.47. The molecule has 0 spiro atoms. The summed E-state index contributed by atoms with van der Waals surface area (Å²) < 4.78 is 5.32. The van der Waals surface area contributed by atoms with Crippen LogP contribution in [0.4, 0.5) is 0 Å². The maximum absolute atomic E-state index is 8.72. The fraction of sp³-hybridized carbons (Fsp3) is 0.923. The molecule has 1 saturated carbocycles. The third-order valence-electron chi connectivity index (χ3n) is 3.84. The molecule has 0 unspecified atom stereocenters. The first-order valence-corrected chi connectivity index (χ1v) is 6.72. The first-order valence-electron chi connectivity index (χ1n) is 6.72. The minimum Gasteiger partial charge on any atom is -0.379 e. The van der Waals surface area contributed by atoms with E-state index in [1.54, 1.807) is 0 Å². The highest BCUT2D eigenvalue weighted by molar-refractivity contribution is 5.00. The highest BCUT2D eigenvalue weighted by atomic mass is 16.5. The lowest BCUT2D eigenvalue weighted by Gasteiger charge is -2.26. The van der Waals surface area contributed by atoms with Crippen molar-refractivity contribution in [2.24, 2.45) is 5.41 Å². The maximum Gasteiger partial charge on any atom is 0.0628 e. The second-order valence-corrected chi connectivity index (χ2v) is 5.32. The second kappa shape index (κ2) is 6.34. The molecule has 17 heavy (non-hydrogen) atoms. The average molecular weight is 237 g/mol. The second-order valence-electron chi connectivity index (χ2n) is 5.32. The largest absolute Gasteiger partial charge is 0.379 e. The number of nitrogens with zero attached hydrogens (tertiary/aromatic N) is 2. The predicted molar refractivity (Wildman–Crippen MR) is 66.6 cm³/mol. The van der Waals surface area contributed by atoms with Crippen LogP contribution in [0, 0.1) is 16.7 Å². The zero-order valence-corrected chi connectivity index (χ0v) is 10.6. The van der Waals surface area contributed by atoms with Gasteiger partial charge in [0.25, 0.3) is 0 Å². The van der Waals surface area contributed by atoms with Crippen LogP contribution in [0.2, 0.25) is 0 Å². The Labute approximate surface area is 104 Å². The van der Waals surface area contributed by atoms with Crippen LogP contribution < -0.4 is 5.32 Å². The van der Waals surface area contributed by atoms with E-state index in [2.05, 4.69) is 16.3 Å². The molecular weight excluding hydrogens is 214 g/mol.